The van der Waals surface area contributed by atoms with Gasteiger partial charge in [0, 0.05) is 12.2 Å². The van der Waals surface area contributed by atoms with E-state index in [4.69, 9.17) is 0 Å². The van der Waals surface area contributed by atoms with E-state index in [1.54, 1.807) is 30.3 Å². The van der Waals surface area contributed by atoms with Gasteiger partial charge in [0.2, 0.25) is 15.9 Å². The molecule has 0 radical (unpaired) electrons. The minimum absolute atomic E-state index is 0.234. The zero-order chi connectivity index (χ0) is 18.1. The van der Waals surface area contributed by atoms with Gasteiger partial charge in [0.15, 0.2) is 0 Å². The SMILES string of the molecule is O=C(Nc1ccc2c(c1)CCC2)[C@H]1CCCN1S(=O)(=O)c1ccccc1. The third-order valence-electron chi connectivity index (χ3n) is 5.22. The average molecular weight is 370 g/mol. The molecule has 4 rings (SSSR count). The fraction of sp³-hybridized carbons (Fsp3) is 0.350. The molecule has 0 spiro atoms. The first-order valence-electron chi connectivity index (χ1n) is 9.05. The largest absolute Gasteiger partial charge is 0.325 e. The van der Waals surface area contributed by atoms with Crippen molar-refractivity contribution in [2.24, 2.45) is 0 Å². The summed E-state index contributed by atoms with van der Waals surface area (Å²) in [4.78, 5) is 13.0. The molecule has 0 saturated carbocycles. The highest BCUT2D eigenvalue weighted by atomic mass is 32.2. The number of amides is 1. The molecule has 0 aromatic heterocycles. The molecule has 1 atom stereocenters. The molecule has 1 heterocycles. The number of carbonyl (C=O) groups is 1. The van der Waals surface area contributed by atoms with Crippen LogP contribution < -0.4 is 5.32 Å². The second-order valence-electron chi connectivity index (χ2n) is 6.91. The number of carbonyl (C=O) groups excluding carboxylic acids is 1. The van der Waals surface area contributed by atoms with Gasteiger partial charge >= 0.3 is 0 Å². The van der Waals surface area contributed by atoms with Crippen molar-refractivity contribution in [3.8, 4) is 0 Å². The highest BCUT2D eigenvalue weighted by Gasteiger charge is 2.39. The predicted molar refractivity (Wildman–Crippen MR) is 100 cm³/mol. The number of nitrogens with one attached hydrogen (secondary N) is 1. The molecule has 2 aromatic rings. The first-order valence-corrected chi connectivity index (χ1v) is 10.5. The summed E-state index contributed by atoms with van der Waals surface area (Å²) >= 11 is 0. The molecular weight excluding hydrogens is 348 g/mol. The molecule has 6 heteroatoms. The molecule has 2 aliphatic rings. The van der Waals surface area contributed by atoms with E-state index in [0.29, 0.717) is 19.4 Å². The highest BCUT2D eigenvalue weighted by Crippen LogP contribution is 2.28. The summed E-state index contributed by atoms with van der Waals surface area (Å²) in [7, 11) is -3.66. The Morgan fingerprint density at radius 2 is 1.77 bits per heavy atom. The van der Waals surface area contributed by atoms with Gasteiger partial charge in [0.05, 0.1) is 4.90 Å². The number of hydrogen-bond acceptors (Lipinski definition) is 3. The number of anilines is 1. The van der Waals surface area contributed by atoms with Crippen LogP contribution in [0.4, 0.5) is 5.69 Å². The van der Waals surface area contributed by atoms with Crippen LogP contribution in [0.1, 0.15) is 30.4 Å². The maximum Gasteiger partial charge on any atom is 0.243 e. The summed E-state index contributed by atoms with van der Waals surface area (Å²) in [6.45, 7) is 0.375. The summed E-state index contributed by atoms with van der Waals surface area (Å²) in [5.41, 5.74) is 3.37. The van der Waals surface area contributed by atoms with Gasteiger partial charge in [-0.05, 0) is 67.5 Å². The van der Waals surface area contributed by atoms with E-state index in [9.17, 15) is 13.2 Å². The van der Waals surface area contributed by atoms with Gasteiger partial charge in [-0.3, -0.25) is 4.79 Å². The molecule has 1 saturated heterocycles. The van der Waals surface area contributed by atoms with Crippen molar-refractivity contribution in [2.75, 3.05) is 11.9 Å². The van der Waals surface area contributed by atoms with E-state index in [1.807, 2.05) is 12.1 Å². The molecule has 26 heavy (non-hydrogen) atoms. The van der Waals surface area contributed by atoms with Crippen LogP contribution in [0.15, 0.2) is 53.4 Å². The summed E-state index contributed by atoms with van der Waals surface area (Å²) in [5, 5.41) is 2.92. The van der Waals surface area contributed by atoms with Crippen LogP contribution in [0.5, 0.6) is 0 Å². The lowest BCUT2D eigenvalue weighted by Gasteiger charge is -2.23. The monoisotopic (exact) mass is 370 g/mol. The van der Waals surface area contributed by atoms with Crippen LogP contribution in [0.2, 0.25) is 0 Å². The number of nitrogens with zero attached hydrogens (tertiary/aromatic N) is 1. The van der Waals surface area contributed by atoms with Crippen molar-refractivity contribution in [1.82, 2.24) is 4.31 Å². The van der Waals surface area contributed by atoms with E-state index in [-0.39, 0.29) is 10.8 Å². The molecule has 136 valence electrons. The molecule has 0 bridgehead atoms. The second kappa shape index (κ2) is 6.85. The topological polar surface area (TPSA) is 66.5 Å². The zero-order valence-electron chi connectivity index (χ0n) is 14.5. The van der Waals surface area contributed by atoms with Crippen molar-refractivity contribution >= 4 is 21.6 Å². The Morgan fingerprint density at radius 1 is 1.00 bits per heavy atom. The van der Waals surface area contributed by atoms with Crippen LogP contribution in [-0.2, 0) is 27.7 Å². The summed E-state index contributed by atoms with van der Waals surface area (Å²) in [6, 6.07) is 13.6. The molecule has 0 unspecified atom stereocenters. The van der Waals surface area contributed by atoms with Gasteiger partial charge in [-0.15, -0.1) is 0 Å². The van der Waals surface area contributed by atoms with Gasteiger partial charge in [0.25, 0.3) is 0 Å². The maximum absolute atomic E-state index is 12.9. The van der Waals surface area contributed by atoms with E-state index in [0.717, 1.165) is 24.9 Å². The number of fused-ring (bicyclic) bond motifs is 1. The lowest BCUT2D eigenvalue weighted by Crippen LogP contribution is -2.43. The zero-order valence-corrected chi connectivity index (χ0v) is 15.3. The first kappa shape index (κ1) is 17.2. The standard InChI is InChI=1S/C20H22N2O3S/c23-20(21-17-12-11-15-6-4-7-16(15)14-17)19-10-5-13-22(19)26(24,25)18-8-2-1-3-9-18/h1-3,8-9,11-12,14,19H,4-7,10,13H2,(H,21,23)/t19-/m1/s1. The van der Waals surface area contributed by atoms with Crippen molar-refractivity contribution in [3.05, 3.63) is 59.7 Å². The van der Waals surface area contributed by atoms with Crippen LogP contribution >= 0.6 is 0 Å². The van der Waals surface area contributed by atoms with E-state index < -0.39 is 16.1 Å². The Morgan fingerprint density at radius 3 is 2.58 bits per heavy atom. The second-order valence-corrected chi connectivity index (χ2v) is 8.80. The maximum atomic E-state index is 12.9. The van der Waals surface area contributed by atoms with Crippen molar-refractivity contribution in [3.63, 3.8) is 0 Å². The number of aryl methyl sites for hydroxylation is 2. The molecule has 5 nitrogen and oxygen atoms in total. The fourth-order valence-electron chi connectivity index (χ4n) is 3.89. The smallest absolute Gasteiger partial charge is 0.243 e. The van der Waals surface area contributed by atoms with Crippen LogP contribution in [0, 0.1) is 0 Å². The molecule has 1 fully saturated rings. The first-order chi connectivity index (χ1) is 12.6. The van der Waals surface area contributed by atoms with Gasteiger partial charge in [-0.25, -0.2) is 8.42 Å². The Balaban J connectivity index is 1.54. The number of sulfonamides is 1. The highest BCUT2D eigenvalue weighted by molar-refractivity contribution is 7.89. The fourth-order valence-corrected chi connectivity index (χ4v) is 5.57. The molecular formula is C20H22N2O3S. The molecule has 1 aliphatic carbocycles. The molecule has 1 aliphatic heterocycles. The molecule has 2 aromatic carbocycles. The summed E-state index contributed by atoms with van der Waals surface area (Å²) in [6.07, 6.45) is 4.52. The van der Waals surface area contributed by atoms with Gasteiger partial charge in [-0.1, -0.05) is 24.3 Å². The molecule has 1 N–H and O–H groups in total. The summed E-state index contributed by atoms with van der Waals surface area (Å²) < 4.78 is 27.1. The third kappa shape index (κ3) is 3.15. The van der Waals surface area contributed by atoms with E-state index in [2.05, 4.69) is 11.4 Å². The number of benzene rings is 2. The normalized spacial score (nSPS) is 20.1. The Bertz CT molecular complexity index is 925. The lowest BCUT2D eigenvalue weighted by atomic mass is 10.1. The minimum atomic E-state index is -3.66. The lowest BCUT2D eigenvalue weighted by molar-refractivity contribution is -0.119. The Labute approximate surface area is 154 Å². The van der Waals surface area contributed by atoms with Gasteiger partial charge in [-0.2, -0.15) is 4.31 Å². The Kier molecular flexibility index (Phi) is 4.54. The molecule has 1 amide bonds. The number of hydrogen-bond donors (Lipinski definition) is 1. The average Bonchev–Trinajstić information content (AvgIpc) is 3.31. The summed E-state index contributed by atoms with van der Waals surface area (Å²) in [5.74, 6) is -0.250. The van der Waals surface area contributed by atoms with Gasteiger partial charge < -0.3 is 5.32 Å². The van der Waals surface area contributed by atoms with Crippen molar-refractivity contribution < 1.29 is 13.2 Å². The number of rotatable bonds is 4. The van der Waals surface area contributed by atoms with Crippen molar-refractivity contribution in [2.45, 2.75) is 43.0 Å². The van der Waals surface area contributed by atoms with Crippen molar-refractivity contribution in [1.29, 1.82) is 0 Å². The minimum Gasteiger partial charge on any atom is -0.325 e. The quantitative estimate of drug-likeness (QED) is 0.900. The Hall–Kier alpha value is -2.18. The van der Waals surface area contributed by atoms with Crippen LogP contribution in [0.3, 0.4) is 0 Å². The van der Waals surface area contributed by atoms with Crippen LogP contribution in [0.25, 0.3) is 0 Å². The van der Waals surface area contributed by atoms with Crippen LogP contribution in [-0.4, -0.2) is 31.2 Å². The third-order valence-corrected chi connectivity index (χ3v) is 7.14. The predicted octanol–water partition coefficient (Wildman–Crippen LogP) is 2.97. The van der Waals surface area contributed by atoms with E-state index in [1.165, 1.54) is 15.4 Å². The van der Waals surface area contributed by atoms with Gasteiger partial charge in [0.1, 0.15) is 6.04 Å². The van der Waals surface area contributed by atoms with E-state index >= 15 is 0 Å².